The summed E-state index contributed by atoms with van der Waals surface area (Å²) < 4.78 is 1.73. The van der Waals surface area contributed by atoms with Gasteiger partial charge in [0.15, 0.2) is 0 Å². The van der Waals surface area contributed by atoms with E-state index in [9.17, 15) is 0 Å². The molecule has 2 aromatic rings. The van der Waals surface area contributed by atoms with Gasteiger partial charge >= 0.3 is 0 Å². The lowest BCUT2D eigenvalue weighted by molar-refractivity contribution is 1.46. The van der Waals surface area contributed by atoms with Gasteiger partial charge in [0.05, 0.1) is 8.07 Å². The van der Waals surface area contributed by atoms with Crippen molar-refractivity contribution in [3.05, 3.63) is 16.0 Å². The SMILES string of the molecule is Cc1sc2c(c1C)[Si](C)(C)c1c-2sc([Si](C)(C)C)c1C. The van der Waals surface area contributed by atoms with E-state index in [1.54, 1.807) is 35.8 Å². The molecule has 2 aromatic heterocycles. The average Bonchev–Trinajstić information content (AvgIpc) is 2.83. The fourth-order valence-corrected chi connectivity index (χ4v) is 14.9. The standard InChI is InChI=1S/C16H24S2Si2/c1-9-11(3)17-12-13-15(20(7,8)14(9)12)10(2)16(18-13)19(4,5)6/h1-8H3. The third-order valence-corrected chi connectivity index (χ3v) is 15.1. The van der Waals surface area contributed by atoms with E-state index in [2.05, 4.69) is 64.8 Å². The Balaban J connectivity index is 2.37. The summed E-state index contributed by atoms with van der Waals surface area (Å²) in [6.07, 6.45) is 0. The maximum absolute atomic E-state index is 2.56. The van der Waals surface area contributed by atoms with Gasteiger partial charge in [0.1, 0.15) is 8.07 Å². The van der Waals surface area contributed by atoms with Crippen LogP contribution in [0.15, 0.2) is 0 Å². The predicted molar refractivity (Wildman–Crippen MR) is 102 cm³/mol. The van der Waals surface area contributed by atoms with Gasteiger partial charge in [-0.2, -0.15) is 0 Å². The van der Waals surface area contributed by atoms with Crippen LogP contribution < -0.4 is 14.9 Å². The van der Waals surface area contributed by atoms with Gasteiger partial charge in [-0.05, 0) is 46.8 Å². The summed E-state index contributed by atoms with van der Waals surface area (Å²) in [5, 5.41) is 3.51. The Morgan fingerprint density at radius 1 is 0.800 bits per heavy atom. The molecule has 20 heavy (non-hydrogen) atoms. The van der Waals surface area contributed by atoms with Crippen molar-refractivity contribution >= 4 is 53.7 Å². The first-order chi connectivity index (χ1) is 9.06. The summed E-state index contributed by atoms with van der Waals surface area (Å²) in [5.74, 6) is 0. The maximum atomic E-state index is 2.56. The van der Waals surface area contributed by atoms with E-state index in [0.717, 1.165) is 0 Å². The Hall–Kier alpha value is -0.166. The number of fused-ring (bicyclic) bond motifs is 3. The summed E-state index contributed by atoms with van der Waals surface area (Å²) in [6, 6.07) is 0. The van der Waals surface area contributed by atoms with Crippen LogP contribution >= 0.6 is 22.7 Å². The molecule has 3 heterocycles. The van der Waals surface area contributed by atoms with E-state index >= 15 is 0 Å². The minimum Gasteiger partial charge on any atom is -0.144 e. The third-order valence-electron chi connectivity index (χ3n) is 4.67. The molecular weight excluding hydrogens is 312 g/mol. The minimum absolute atomic E-state index is 1.22. The molecule has 0 saturated carbocycles. The molecule has 0 spiro atoms. The molecule has 1 aliphatic rings. The first-order valence-corrected chi connectivity index (χ1v) is 15.4. The quantitative estimate of drug-likeness (QED) is 0.688. The fourth-order valence-electron chi connectivity index (χ4n) is 3.81. The van der Waals surface area contributed by atoms with Crippen LogP contribution in [-0.4, -0.2) is 16.1 Å². The summed E-state index contributed by atoms with van der Waals surface area (Å²) >= 11 is 4.17. The Kier molecular flexibility index (Phi) is 3.09. The number of hydrogen-bond donors (Lipinski definition) is 0. The summed E-state index contributed by atoms with van der Waals surface area (Å²) in [6.45, 7) is 19.6. The molecule has 0 N–H and O–H groups in total. The van der Waals surface area contributed by atoms with Gasteiger partial charge in [-0.3, -0.25) is 0 Å². The molecule has 108 valence electrons. The Labute approximate surface area is 132 Å². The van der Waals surface area contributed by atoms with E-state index in [4.69, 9.17) is 0 Å². The van der Waals surface area contributed by atoms with Crippen LogP contribution in [-0.2, 0) is 0 Å². The van der Waals surface area contributed by atoms with Crippen molar-refractivity contribution in [2.45, 2.75) is 53.5 Å². The Bertz CT molecular complexity index is 712. The van der Waals surface area contributed by atoms with Crippen molar-refractivity contribution in [1.29, 1.82) is 0 Å². The van der Waals surface area contributed by atoms with Gasteiger partial charge in [0.2, 0.25) is 0 Å². The second-order valence-electron chi connectivity index (χ2n) is 7.62. The lowest BCUT2D eigenvalue weighted by Gasteiger charge is -2.22. The van der Waals surface area contributed by atoms with Gasteiger partial charge in [-0.25, -0.2) is 0 Å². The minimum atomic E-state index is -1.46. The summed E-state index contributed by atoms with van der Waals surface area (Å²) in [7, 11) is -2.68. The average molecular weight is 337 g/mol. The first kappa shape index (κ1) is 14.8. The summed E-state index contributed by atoms with van der Waals surface area (Å²) in [5.41, 5.74) is 3.24. The van der Waals surface area contributed by atoms with Crippen LogP contribution in [0.2, 0.25) is 32.7 Å². The Morgan fingerprint density at radius 2 is 1.30 bits per heavy atom. The van der Waals surface area contributed by atoms with Crippen LogP contribution in [0, 0.1) is 20.8 Å². The van der Waals surface area contributed by atoms with E-state index in [1.807, 2.05) is 11.3 Å². The van der Waals surface area contributed by atoms with Crippen molar-refractivity contribution in [3.8, 4) is 9.75 Å². The van der Waals surface area contributed by atoms with Gasteiger partial charge in [0, 0.05) is 14.6 Å². The molecule has 0 amide bonds. The molecule has 1 aliphatic heterocycles. The maximum Gasteiger partial charge on any atom is 0.116 e. The number of aryl methyl sites for hydroxylation is 1. The molecule has 0 fully saturated rings. The molecule has 0 unspecified atom stereocenters. The van der Waals surface area contributed by atoms with Gasteiger partial charge < -0.3 is 0 Å². The van der Waals surface area contributed by atoms with E-state index in [1.165, 1.54) is 4.88 Å². The molecule has 0 saturated heterocycles. The zero-order valence-corrected chi connectivity index (χ0v) is 17.4. The molecule has 4 heteroatoms. The second kappa shape index (κ2) is 4.18. The van der Waals surface area contributed by atoms with Crippen LogP contribution in [0.3, 0.4) is 0 Å². The van der Waals surface area contributed by atoms with Crippen LogP contribution in [0.4, 0.5) is 0 Å². The smallest absolute Gasteiger partial charge is 0.116 e. The third kappa shape index (κ3) is 1.74. The van der Waals surface area contributed by atoms with E-state index in [-0.39, 0.29) is 0 Å². The van der Waals surface area contributed by atoms with E-state index in [0.29, 0.717) is 0 Å². The van der Waals surface area contributed by atoms with Crippen molar-refractivity contribution in [2.24, 2.45) is 0 Å². The number of thiophene rings is 2. The normalized spacial score (nSPS) is 16.4. The Morgan fingerprint density at radius 3 is 1.85 bits per heavy atom. The molecule has 0 radical (unpaired) electrons. The largest absolute Gasteiger partial charge is 0.144 e. The highest BCUT2D eigenvalue weighted by Crippen LogP contribution is 2.40. The topological polar surface area (TPSA) is 0 Å². The molecule has 0 atom stereocenters. The highest BCUT2D eigenvalue weighted by atomic mass is 32.1. The molecule has 0 bridgehead atoms. The van der Waals surface area contributed by atoms with Crippen LogP contribution in [0.5, 0.6) is 0 Å². The lowest BCUT2D eigenvalue weighted by Crippen LogP contribution is -2.52. The van der Waals surface area contributed by atoms with Crippen molar-refractivity contribution < 1.29 is 0 Å². The van der Waals surface area contributed by atoms with Gasteiger partial charge in [-0.15, -0.1) is 22.7 Å². The highest BCUT2D eigenvalue weighted by molar-refractivity contribution is 7.35. The first-order valence-electron chi connectivity index (χ1n) is 7.32. The van der Waals surface area contributed by atoms with Crippen molar-refractivity contribution in [2.75, 3.05) is 0 Å². The summed E-state index contributed by atoms with van der Waals surface area (Å²) in [4.78, 5) is 4.80. The van der Waals surface area contributed by atoms with Crippen LogP contribution in [0.1, 0.15) is 16.0 Å². The van der Waals surface area contributed by atoms with Crippen molar-refractivity contribution in [1.82, 2.24) is 0 Å². The fraction of sp³-hybridized carbons (Fsp3) is 0.500. The second-order valence-corrected chi connectivity index (χ2v) is 19.5. The van der Waals surface area contributed by atoms with Crippen molar-refractivity contribution in [3.63, 3.8) is 0 Å². The van der Waals surface area contributed by atoms with E-state index < -0.39 is 16.1 Å². The molecule has 3 rings (SSSR count). The lowest BCUT2D eigenvalue weighted by atomic mass is 10.2. The zero-order valence-electron chi connectivity index (χ0n) is 13.8. The molecule has 0 aromatic carbocycles. The molecule has 0 nitrogen and oxygen atoms in total. The number of hydrogen-bond acceptors (Lipinski definition) is 2. The predicted octanol–water partition coefficient (Wildman–Crippen LogP) is 4.08. The van der Waals surface area contributed by atoms with Crippen LogP contribution in [0.25, 0.3) is 9.75 Å². The monoisotopic (exact) mass is 336 g/mol. The zero-order chi connectivity index (χ0) is 15.0. The van der Waals surface area contributed by atoms with Gasteiger partial charge in [0.25, 0.3) is 0 Å². The highest BCUT2D eigenvalue weighted by Gasteiger charge is 2.44. The number of rotatable bonds is 1. The molecule has 0 aliphatic carbocycles. The van der Waals surface area contributed by atoms with Gasteiger partial charge in [-0.1, -0.05) is 32.7 Å². The molecular formula is C16H24S2Si2.